The first-order valence-electron chi connectivity index (χ1n) is 14.2. The lowest BCUT2D eigenvalue weighted by molar-refractivity contribution is -0.120. The molecule has 0 bridgehead atoms. The van der Waals surface area contributed by atoms with E-state index in [4.69, 9.17) is 0 Å². The molecule has 1 saturated heterocycles. The van der Waals surface area contributed by atoms with E-state index < -0.39 is 0 Å². The second-order valence-corrected chi connectivity index (χ2v) is 10.7. The lowest BCUT2D eigenvalue weighted by atomic mass is 9.99. The minimum absolute atomic E-state index is 0.0382. The molecule has 2 aromatic rings. The number of aromatic nitrogens is 3. The van der Waals surface area contributed by atoms with E-state index in [1.165, 1.54) is 18.7 Å². The number of amides is 2. The first-order valence-corrected chi connectivity index (χ1v) is 14.2. The van der Waals surface area contributed by atoms with Gasteiger partial charge in [-0.25, -0.2) is 4.98 Å². The molecular weight excluding hydrogens is 530 g/mol. The van der Waals surface area contributed by atoms with Crippen molar-refractivity contribution < 1.29 is 9.59 Å². The molecule has 1 aliphatic carbocycles. The average Bonchev–Trinajstić information content (AvgIpc) is 3.31. The maximum atomic E-state index is 13.6. The van der Waals surface area contributed by atoms with Gasteiger partial charge in [-0.1, -0.05) is 24.6 Å². The van der Waals surface area contributed by atoms with Crippen LogP contribution in [0.15, 0.2) is 84.2 Å². The highest BCUT2D eigenvalue weighted by Crippen LogP contribution is 2.36. The van der Waals surface area contributed by atoms with Crippen molar-refractivity contribution in [3.05, 3.63) is 95.2 Å². The number of benzene rings is 2. The molecule has 1 atom stereocenters. The number of piperidine rings is 1. The van der Waals surface area contributed by atoms with Crippen LogP contribution in [0.4, 0.5) is 17.2 Å². The van der Waals surface area contributed by atoms with Crippen LogP contribution in [-0.2, 0) is 4.79 Å². The summed E-state index contributed by atoms with van der Waals surface area (Å²) < 4.78 is 0. The summed E-state index contributed by atoms with van der Waals surface area (Å²) in [5.41, 5.74) is 2.81. The highest BCUT2D eigenvalue weighted by atomic mass is 16.2. The molecule has 10 heteroatoms. The molecule has 10 nitrogen and oxygen atoms in total. The number of rotatable bonds is 5. The molecule has 42 heavy (non-hydrogen) atoms. The molecule has 0 radical (unpaired) electrons. The number of anilines is 3. The van der Waals surface area contributed by atoms with E-state index in [0.29, 0.717) is 46.6 Å². The minimum atomic E-state index is -0.225. The molecule has 2 amide bonds. The van der Waals surface area contributed by atoms with Gasteiger partial charge >= 0.3 is 0 Å². The lowest BCUT2D eigenvalue weighted by Gasteiger charge is -2.37. The Hall–Kier alpha value is -4.54. The second kappa shape index (κ2) is 13.4. The van der Waals surface area contributed by atoms with E-state index in [1.54, 1.807) is 53.8 Å². The van der Waals surface area contributed by atoms with Crippen LogP contribution in [0.2, 0.25) is 0 Å². The number of nitrogens with zero attached hydrogens (tertiary/aromatic N) is 6. The largest absolute Gasteiger partial charge is 0.319 e. The molecule has 6 rings (SSSR count). The van der Waals surface area contributed by atoms with Crippen molar-refractivity contribution in [1.29, 1.82) is 0 Å². The van der Waals surface area contributed by atoms with Gasteiger partial charge in [0.1, 0.15) is 0 Å². The van der Waals surface area contributed by atoms with Gasteiger partial charge in [0.25, 0.3) is 5.91 Å². The van der Waals surface area contributed by atoms with Gasteiger partial charge in [0.05, 0.1) is 34.7 Å². The van der Waals surface area contributed by atoms with Crippen LogP contribution in [-0.4, -0.2) is 76.3 Å². The van der Waals surface area contributed by atoms with Crippen molar-refractivity contribution >= 4 is 29.0 Å². The molecule has 216 valence electrons. The third kappa shape index (κ3) is 6.67. The summed E-state index contributed by atoms with van der Waals surface area (Å²) in [7, 11) is 4.16. The van der Waals surface area contributed by atoms with Crippen LogP contribution in [0.3, 0.4) is 0 Å². The number of carbonyl (C=O) groups is 2. The SMILES string of the molecule is CN(C)CCC1CCCCN1CC(=O)N1c2ccccc2C(=O)Nc2cccnc21.O=c1cccc2nccncc1-2. The molecule has 1 N–H and O–H groups in total. The predicted molar refractivity (Wildman–Crippen MR) is 163 cm³/mol. The molecule has 4 heterocycles. The van der Waals surface area contributed by atoms with E-state index in [-0.39, 0.29) is 17.2 Å². The van der Waals surface area contributed by atoms with Crippen molar-refractivity contribution in [2.24, 2.45) is 0 Å². The number of fused-ring (bicyclic) bond motifs is 3. The fourth-order valence-corrected chi connectivity index (χ4v) is 5.38. The third-order valence-electron chi connectivity index (χ3n) is 7.50. The number of carbonyl (C=O) groups excluding carboxylic acids is 2. The number of nitrogens with one attached hydrogen (secondary N) is 1. The fourth-order valence-electron chi connectivity index (χ4n) is 5.38. The third-order valence-corrected chi connectivity index (χ3v) is 7.50. The molecule has 0 spiro atoms. The summed E-state index contributed by atoms with van der Waals surface area (Å²) in [6.07, 6.45) is 10.8. The zero-order chi connectivity index (χ0) is 29.5. The van der Waals surface area contributed by atoms with Crippen LogP contribution >= 0.6 is 0 Å². The summed E-state index contributed by atoms with van der Waals surface area (Å²) in [4.78, 5) is 56.1. The summed E-state index contributed by atoms with van der Waals surface area (Å²) in [5, 5.41) is 2.89. The standard InChI is InChI=1S/C23H29N5O2.C9H6N2O/c1-26(2)15-12-17-8-5-6-14-27(17)16-21(29)28-20-11-4-3-9-18(20)23(30)25-19-10-7-13-24-22(19)28;12-9-3-1-2-8-7(9)6-10-4-5-11-8/h3-4,7,9-11,13,17H,5-6,8,12,14-16H2,1-2H3,(H,25,30);1-6H. The van der Waals surface area contributed by atoms with E-state index >= 15 is 0 Å². The van der Waals surface area contributed by atoms with Gasteiger partial charge in [-0.3, -0.25) is 34.2 Å². The van der Waals surface area contributed by atoms with Crippen LogP contribution in [0.5, 0.6) is 0 Å². The molecule has 0 saturated carbocycles. The Bertz CT molecular complexity index is 1580. The smallest absolute Gasteiger partial charge is 0.257 e. The van der Waals surface area contributed by atoms with Gasteiger partial charge in [0.15, 0.2) is 11.2 Å². The molecular formula is C32H35N7O3. The summed E-state index contributed by atoms with van der Waals surface area (Å²) >= 11 is 0. The van der Waals surface area contributed by atoms with Gasteiger partial charge in [-0.15, -0.1) is 0 Å². The second-order valence-electron chi connectivity index (χ2n) is 10.7. The van der Waals surface area contributed by atoms with Crippen LogP contribution < -0.4 is 15.6 Å². The average molecular weight is 566 g/mol. The molecule has 3 aliphatic heterocycles. The summed E-state index contributed by atoms with van der Waals surface area (Å²) in [6.45, 7) is 2.24. The van der Waals surface area contributed by atoms with Crippen molar-refractivity contribution in [1.82, 2.24) is 24.8 Å². The van der Waals surface area contributed by atoms with E-state index in [9.17, 15) is 14.4 Å². The highest BCUT2D eigenvalue weighted by Gasteiger charge is 2.32. The first-order chi connectivity index (χ1) is 20.4. The van der Waals surface area contributed by atoms with Gasteiger partial charge in [-0.05, 0) is 82.8 Å². The quantitative estimate of drug-likeness (QED) is 0.386. The number of hydrogen-bond donors (Lipinski definition) is 1. The molecule has 1 aromatic heterocycles. The summed E-state index contributed by atoms with van der Waals surface area (Å²) in [5.74, 6) is 0.190. The monoisotopic (exact) mass is 565 g/mol. The minimum Gasteiger partial charge on any atom is -0.319 e. The zero-order valence-electron chi connectivity index (χ0n) is 23.9. The number of pyridine rings is 1. The number of hydrogen-bond acceptors (Lipinski definition) is 8. The lowest BCUT2D eigenvalue weighted by Crippen LogP contribution is -2.47. The molecule has 1 aromatic carbocycles. The van der Waals surface area contributed by atoms with Gasteiger partial charge in [-0.2, -0.15) is 0 Å². The Balaban J connectivity index is 0.000000244. The highest BCUT2D eigenvalue weighted by molar-refractivity contribution is 6.17. The van der Waals surface area contributed by atoms with Gasteiger partial charge in [0, 0.05) is 30.8 Å². The Labute approximate surface area is 245 Å². The van der Waals surface area contributed by atoms with Crippen LogP contribution in [0.25, 0.3) is 11.3 Å². The van der Waals surface area contributed by atoms with Crippen molar-refractivity contribution in [3.63, 3.8) is 0 Å². The number of likely N-dealkylation sites (tertiary alicyclic amines) is 1. The molecule has 1 fully saturated rings. The predicted octanol–water partition coefficient (Wildman–Crippen LogP) is 4.06. The zero-order valence-corrected chi connectivity index (χ0v) is 23.9. The summed E-state index contributed by atoms with van der Waals surface area (Å²) in [6, 6.07) is 16.2. The Morgan fingerprint density at radius 2 is 1.81 bits per heavy atom. The van der Waals surface area contributed by atoms with E-state index in [1.807, 2.05) is 18.2 Å². The van der Waals surface area contributed by atoms with Gasteiger partial charge < -0.3 is 10.2 Å². The molecule has 1 unspecified atom stereocenters. The normalized spacial score (nSPS) is 16.5. The Morgan fingerprint density at radius 3 is 2.67 bits per heavy atom. The van der Waals surface area contributed by atoms with Crippen molar-refractivity contribution in [2.45, 2.75) is 31.7 Å². The maximum absolute atomic E-state index is 13.6. The van der Waals surface area contributed by atoms with Crippen LogP contribution in [0.1, 0.15) is 36.0 Å². The number of para-hydroxylation sites is 1. The maximum Gasteiger partial charge on any atom is 0.257 e. The first kappa shape index (κ1) is 29.0. The van der Waals surface area contributed by atoms with E-state index in [2.05, 4.69) is 44.2 Å². The van der Waals surface area contributed by atoms with Crippen molar-refractivity contribution in [2.75, 3.05) is 43.9 Å². The Kier molecular flexibility index (Phi) is 9.25. The van der Waals surface area contributed by atoms with Crippen LogP contribution in [0, 0.1) is 0 Å². The van der Waals surface area contributed by atoms with Gasteiger partial charge in [0.2, 0.25) is 5.91 Å². The Morgan fingerprint density at radius 1 is 0.952 bits per heavy atom. The molecule has 4 aliphatic rings. The topological polar surface area (TPSA) is 112 Å². The fraction of sp³-hybridized carbons (Fsp3) is 0.312. The van der Waals surface area contributed by atoms with Crippen molar-refractivity contribution in [3.8, 4) is 11.3 Å². The van der Waals surface area contributed by atoms with E-state index in [0.717, 1.165) is 32.4 Å².